The minimum Gasteiger partial charge on any atom is -0.481 e. The van der Waals surface area contributed by atoms with E-state index in [2.05, 4.69) is 0 Å². The van der Waals surface area contributed by atoms with Crippen LogP contribution >= 0.6 is 0 Å². The molecule has 0 aromatic heterocycles. The summed E-state index contributed by atoms with van der Waals surface area (Å²) in [7, 11) is 0. The topological polar surface area (TPSA) is 98.0 Å². The number of unbranched alkanes of at least 4 members (excludes halogenated alkanes) is 2. The van der Waals surface area contributed by atoms with Crippen LogP contribution in [0.25, 0.3) is 0 Å². The first-order valence-corrected chi connectivity index (χ1v) is 9.56. The van der Waals surface area contributed by atoms with Crippen molar-refractivity contribution >= 4 is 5.97 Å². The molecule has 0 rings (SSSR count). The first kappa shape index (κ1) is 25.1. The van der Waals surface area contributed by atoms with Crippen LogP contribution in [0.1, 0.15) is 51.9 Å². The highest BCUT2D eigenvalue weighted by Gasteiger charge is 2.00. The Kier molecular flexibility index (Phi) is 16.2. The zero-order valence-electron chi connectivity index (χ0n) is 16.2. The van der Waals surface area contributed by atoms with Crippen molar-refractivity contribution in [3.8, 4) is 0 Å². The molecule has 0 aliphatic rings. The molecule has 152 valence electrons. The Morgan fingerprint density at radius 3 is 2.00 bits per heavy atom. The Morgan fingerprint density at radius 1 is 0.778 bits per heavy atom. The number of hydrogen-bond donors (Lipinski definition) is 4. The fraction of sp³-hybridized carbons (Fsp3) is 0.500. The van der Waals surface area contributed by atoms with E-state index in [1.807, 2.05) is 13.0 Å². The third-order valence-corrected chi connectivity index (χ3v) is 3.77. The summed E-state index contributed by atoms with van der Waals surface area (Å²) in [5.41, 5.74) is 0. The van der Waals surface area contributed by atoms with E-state index in [-0.39, 0.29) is 6.42 Å². The number of aliphatic carboxylic acids is 1. The van der Waals surface area contributed by atoms with Gasteiger partial charge in [-0.25, -0.2) is 0 Å². The molecular weight excluding hydrogens is 344 g/mol. The molecule has 0 aliphatic carbocycles. The molecule has 27 heavy (non-hydrogen) atoms. The summed E-state index contributed by atoms with van der Waals surface area (Å²) in [5.74, 6) is -0.780. The lowest BCUT2D eigenvalue weighted by molar-refractivity contribution is -0.137. The molecule has 0 aromatic carbocycles. The summed E-state index contributed by atoms with van der Waals surface area (Å²) in [6.45, 7) is 1.91. The van der Waals surface area contributed by atoms with Gasteiger partial charge >= 0.3 is 5.97 Å². The third kappa shape index (κ3) is 18.6. The van der Waals surface area contributed by atoms with Crippen LogP contribution in [0.5, 0.6) is 0 Å². The molecular formula is C22H34O5. The fourth-order valence-electron chi connectivity index (χ4n) is 2.12. The standard InChI is InChI=1S/C22H34O5/c1-2-19(23)13-7-3-4-8-14-20(24)15-9-5-10-16-21(25)17-11-6-12-18-22(26)27/h3-5,7-10,13-14,16,19-21,23-25H,2,6,11-12,15,17-18H2,1H3,(H,26,27)/b4-3-,9-5-,13-7+,14-8+,16-10+. The molecule has 4 N–H and O–H groups in total. The zero-order valence-corrected chi connectivity index (χ0v) is 16.2. The van der Waals surface area contributed by atoms with E-state index in [0.717, 1.165) is 12.8 Å². The van der Waals surface area contributed by atoms with Gasteiger partial charge in [0.05, 0.1) is 18.3 Å². The fourth-order valence-corrected chi connectivity index (χ4v) is 2.12. The zero-order chi connectivity index (χ0) is 20.3. The van der Waals surface area contributed by atoms with Crippen LogP contribution in [0.2, 0.25) is 0 Å². The first-order chi connectivity index (χ1) is 13.0. The van der Waals surface area contributed by atoms with Crippen LogP contribution in [0.15, 0.2) is 60.8 Å². The largest absolute Gasteiger partial charge is 0.481 e. The van der Waals surface area contributed by atoms with E-state index in [1.54, 1.807) is 54.7 Å². The van der Waals surface area contributed by atoms with E-state index >= 15 is 0 Å². The second-order valence-corrected chi connectivity index (χ2v) is 6.31. The normalized spacial score (nSPS) is 16.3. The maximum atomic E-state index is 10.4. The van der Waals surface area contributed by atoms with Gasteiger partial charge in [0, 0.05) is 6.42 Å². The second kappa shape index (κ2) is 17.5. The lowest BCUT2D eigenvalue weighted by Gasteiger charge is -2.04. The molecule has 0 spiro atoms. The van der Waals surface area contributed by atoms with E-state index in [1.165, 1.54) is 0 Å². The van der Waals surface area contributed by atoms with Gasteiger partial charge in [0.1, 0.15) is 0 Å². The van der Waals surface area contributed by atoms with Crippen LogP contribution in [-0.2, 0) is 4.79 Å². The van der Waals surface area contributed by atoms with Crippen molar-refractivity contribution in [2.24, 2.45) is 0 Å². The lowest BCUT2D eigenvalue weighted by atomic mass is 10.1. The number of rotatable bonds is 15. The number of aliphatic hydroxyl groups excluding tert-OH is 3. The average molecular weight is 379 g/mol. The Hall–Kier alpha value is -1.95. The molecule has 0 saturated heterocycles. The average Bonchev–Trinajstić information content (AvgIpc) is 2.63. The number of aliphatic hydroxyl groups is 3. The summed E-state index contributed by atoms with van der Waals surface area (Å²) in [6.07, 6.45) is 20.2. The predicted octanol–water partition coefficient (Wildman–Crippen LogP) is 3.69. The lowest BCUT2D eigenvalue weighted by Crippen LogP contribution is -2.02. The summed E-state index contributed by atoms with van der Waals surface area (Å²) < 4.78 is 0. The van der Waals surface area contributed by atoms with Crippen LogP contribution < -0.4 is 0 Å². The molecule has 3 atom stereocenters. The summed E-state index contributed by atoms with van der Waals surface area (Å²) in [4.78, 5) is 10.4. The summed E-state index contributed by atoms with van der Waals surface area (Å²) in [5, 5.41) is 37.4. The first-order valence-electron chi connectivity index (χ1n) is 9.56. The van der Waals surface area contributed by atoms with Gasteiger partial charge in [-0.2, -0.15) is 0 Å². The van der Waals surface area contributed by atoms with Gasteiger partial charge in [-0.15, -0.1) is 0 Å². The van der Waals surface area contributed by atoms with Gasteiger partial charge < -0.3 is 20.4 Å². The van der Waals surface area contributed by atoms with Gasteiger partial charge in [0.15, 0.2) is 0 Å². The van der Waals surface area contributed by atoms with E-state index < -0.39 is 24.3 Å². The Bertz CT molecular complexity index is 517. The highest BCUT2D eigenvalue weighted by atomic mass is 16.4. The maximum Gasteiger partial charge on any atom is 0.303 e. The maximum absolute atomic E-state index is 10.4. The van der Waals surface area contributed by atoms with Crippen molar-refractivity contribution < 1.29 is 25.2 Å². The van der Waals surface area contributed by atoms with Crippen molar-refractivity contribution in [2.75, 3.05) is 0 Å². The highest BCUT2D eigenvalue weighted by molar-refractivity contribution is 5.66. The molecule has 0 bridgehead atoms. The minimum absolute atomic E-state index is 0.180. The molecule has 0 aliphatic heterocycles. The van der Waals surface area contributed by atoms with Gasteiger partial charge in [-0.05, 0) is 25.7 Å². The van der Waals surface area contributed by atoms with E-state index in [0.29, 0.717) is 25.7 Å². The van der Waals surface area contributed by atoms with Gasteiger partial charge in [0.25, 0.3) is 0 Å². The third-order valence-electron chi connectivity index (χ3n) is 3.77. The molecule has 5 heteroatoms. The highest BCUT2D eigenvalue weighted by Crippen LogP contribution is 2.07. The van der Waals surface area contributed by atoms with Crippen molar-refractivity contribution in [2.45, 2.75) is 70.2 Å². The molecule has 0 aromatic rings. The van der Waals surface area contributed by atoms with Crippen LogP contribution in [0.3, 0.4) is 0 Å². The van der Waals surface area contributed by atoms with Gasteiger partial charge in [-0.1, -0.05) is 80.5 Å². The van der Waals surface area contributed by atoms with E-state index in [4.69, 9.17) is 5.11 Å². The number of allylic oxidation sites excluding steroid dienone is 6. The number of hydrogen-bond acceptors (Lipinski definition) is 4. The monoisotopic (exact) mass is 378 g/mol. The second-order valence-electron chi connectivity index (χ2n) is 6.31. The smallest absolute Gasteiger partial charge is 0.303 e. The van der Waals surface area contributed by atoms with Crippen LogP contribution in [-0.4, -0.2) is 44.7 Å². The quantitative estimate of drug-likeness (QED) is 0.257. The van der Waals surface area contributed by atoms with Crippen molar-refractivity contribution in [3.63, 3.8) is 0 Å². The van der Waals surface area contributed by atoms with Gasteiger partial charge in [0.2, 0.25) is 0 Å². The Labute approximate surface area is 162 Å². The minimum atomic E-state index is -0.780. The SMILES string of the molecule is CCC(O)/C=C/C=C\C=C\C(O)C/C=C\C=C\C(O)CCCCCC(=O)O. The molecule has 0 heterocycles. The Morgan fingerprint density at radius 2 is 1.37 bits per heavy atom. The Balaban J connectivity index is 3.88. The molecule has 0 amide bonds. The summed E-state index contributed by atoms with van der Waals surface area (Å²) >= 11 is 0. The van der Waals surface area contributed by atoms with E-state index in [9.17, 15) is 20.1 Å². The molecule has 0 fully saturated rings. The van der Waals surface area contributed by atoms with Crippen molar-refractivity contribution in [1.82, 2.24) is 0 Å². The van der Waals surface area contributed by atoms with Gasteiger partial charge in [-0.3, -0.25) is 4.79 Å². The number of carboxylic acid groups (broad SMARTS) is 1. The molecule has 0 saturated carbocycles. The molecule has 3 unspecified atom stereocenters. The molecule has 0 radical (unpaired) electrons. The predicted molar refractivity (Wildman–Crippen MR) is 109 cm³/mol. The number of carboxylic acids is 1. The van der Waals surface area contributed by atoms with Crippen molar-refractivity contribution in [1.29, 1.82) is 0 Å². The van der Waals surface area contributed by atoms with Crippen LogP contribution in [0, 0.1) is 0 Å². The molecule has 5 nitrogen and oxygen atoms in total. The van der Waals surface area contributed by atoms with Crippen LogP contribution in [0.4, 0.5) is 0 Å². The number of carbonyl (C=O) groups is 1. The summed E-state index contributed by atoms with van der Waals surface area (Å²) in [6, 6.07) is 0. The van der Waals surface area contributed by atoms with Crippen molar-refractivity contribution in [3.05, 3.63) is 60.8 Å².